The fraction of sp³-hybridized carbons (Fsp3) is 0.438. The van der Waals surface area contributed by atoms with Crippen molar-refractivity contribution in [2.45, 2.75) is 32.6 Å². The molecule has 0 saturated heterocycles. The summed E-state index contributed by atoms with van der Waals surface area (Å²) in [6.45, 7) is 3.52. The van der Waals surface area contributed by atoms with E-state index < -0.39 is 0 Å². The van der Waals surface area contributed by atoms with Gasteiger partial charge < -0.3 is 15.8 Å². The number of nitrogen functional groups attached to an aromatic ring is 1. The average Bonchev–Trinajstić information content (AvgIpc) is 2.54. The maximum Gasteiger partial charge on any atom is 0.276 e. The van der Waals surface area contributed by atoms with E-state index in [1.54, 1.807) is 0 Å². The molecule has 2 aromatic rings. The van der Waals surface area contributed by atoms with Gasteiger partial charge in [-0.3, -0.25) is 0 Å². The lowest BCUT2D eigenvalue weighted by molar-refractivity contribution is 0.296. The van der Waals surface area contributed by atoms with Crippen molar-refractivity contribution < 1.29 is 4.74 Å². The van der Waals surface area contributed by atoms with Crippen molar-refractivity contribution >= 4 is 11.8 Å². The Hall–Kier alpha value is -2.37. The molecule has 0 fully saturated rings. The third kappa shape index (κ3) is 5.20. The lowest BCUT2D eigenvalue weighted by Crippen LogP contribution is -2.11. The van der Waals surface area contributed by atoms with E-state index in [2.05, 4.69) is 39.6 Å². The third-order valence-corrected chi connectivity index (χ3v) is 3.19. The molecule has 0 aliphatic rings. The van der Waals surface area contributed by atoms with Crippen LogP contribution in [0.25, 0.3) is 0 Å². The number of nitrogens with one attached hydrogen (secondary N) is 1. The number of nitrogens with two attached hydrogens (primary N) is 1. The van der Waals surface area contributed by atoms with Gasteiger partial charge in [-0.1, -0.05) is 43.7 Å². The minimum absolute atomic E-state index is 0.149. The molecular weight excluding hydrogens is 278 g/mol. The zero-order valence-electron chi connectivity index (χ0n) is 13.0. The van der Waals surface area contributed by atoms with Crippen LogP contribution < -0.4 is 15.8 Å². The maximum absolute atomic E-state index is 5.69. The van der Waals surface area contributed by atoms with Crippen LogP contribution in [0.4, 0.5) is 11.8 Å². The van der Waals surface area contributed by atoms with Crippen molar-refractivity contribution in [2.24, 2.45) is 0 Å². The first kappa shape index (κ1) is 16.0. The van der Waals surface area contributed by atoms with Crippen molar-refractivity contribution in [1.82, 2.24) is 15.2 Å². The van der Waals surface area contributed by atoms with Crippen LogP contribution in [0.15, 0.2) is 30.3 Å². The van der Waals surface area contributed by atoms with Gasteiger partial charge in [0.2, 0.25) is 5.95 Å². The first-order valence-electron chi connectivity index (χ1n) is 7.70. The minimum atomic E-state index is 0.149. The van der Waals surface area contributed by atoms with Gasteiger partial charge in [-0.25, -0.2) is 0 Å². The standard InChI is InChI=1S/C16H23N5O/c1-2-3-11-18-14-15(20-21-16(17)19-14)22-12-7-10-13-8-5-4-6-9-13/h4-6,8-9H,2-3,7,10-12H2,1H3,(H3,17,18,19,21). The number of hydrogen-bond donors (Lipinski definition) is 2. The predicted octanol–water partition coefficient (Wildman–Crippen LogP) is 2.68. The summed E-state index contributed by atoms with van der Waals surface area (Å²) in [4.78, 5) is 4.15. The fourth-order valence-electron chi connectivity index (χ4n) is 2.01. The smallest absolute Gasteiger partial charge is 0.276 e. The summed E-state index contributed by atoms with van der Waals surface area (Å²) in [5, 5.41) is 10.9. The number of aromatic nitrogens is 3. The van der Waals surface area contributed by atoms with E-state index in [4.69, 9.17) is 10.5 Å². The average molecular weight is 301 g/mol. The number of hydrogen-bond acceptors (Lipinski definition) is 6. The molecule has 0 bridgehead atoms. The molecule has 0 unspecified atom stereocenters. The third-order valence-electron chi connectivity index (χ3n) is 3.19. The van der Waals surface area contributed by atoms with Gasteiger partial charge in [-0.05, 0) is 24.8 Å². The molecule has 22 heavy (non-hydrogen) atoms. The molecule has 0 aliphatic heterocycles. The van der Waals surface area contributed by atoms with Crippen molar-refractivity contribution in [3.63, 3.8) is 0 Å². The second-order valence-electron chi connectivity index (χ2n) is 5.04. The summed E-state index contributed by atoms with van der Waals surface area (Å²) in [7, 11) is 0. The van der Waals surface area contributed by atoms with E-state index in [1.807, 2.05) is 18.2 Å². The fourth-order valence-corrected chi connectivity index (χ4v) is 2.01. The topological polar surface area (TPSA) is 86.0 Å². The minimum Gasteiger partial charge on any atom is -0.474 e. The maximum atomic E-state index is 5.69. The highest BCUT2D eigenvalue weighted by Gasteiger charge is 2.08. The normalized spacial score (nSPS) is 10.4. The number of unbranched alkanes of at least 4 members (excludes halogenated alkanes) is 1. The van der Waals surface area contributed by atoms with E-state index in [0.717, 1.165) is 32.2 Å². The Balaban J connectivity index is 1.83. The van der Waals surface area contributed by atoms with Gasteiger partial charge in [0.1, 0.15) is 0 Å². The first-order valence-corrected chi connectivity index (χ1v) is 7.70. The highest BCUT2D eigenvalue weighted by Crippen LogP contribution is 2.18. The Bertz CT molecular complexity index is 562. The number of ether oxygens (including phenoxy) is 1. The van der Waals surface area contributed by atoms with Crippen LogP contribution in [0.1, 0.15) is 31.7 Å². The molecule has 3 N–H and O–H groups in total. The largest absolute Gasteiger partial charge is 0.474 e. The van der Waals surface area contributed by atoms with Crippen LogP contribution in [0, 0.1) is 0 Å². The molecule has 0 amide bonds. The van der Waals surface area contributed by atoms with Crippen molar-refractivity contribution in [1.29, 1.82) is 0 Å². The van der Waals surface area contributed by atoms with E-state index in [-0.39, 0.29) is 5.95 Å². The number of benzene rings is 1. The van der Waals surface area contributed by atoms with E-state index in [1.165, 1.54) is 5.56 Å². The summed E-state index contributed by atoms with van der Waals surface area (Å²) in [6.07, 6.45) is 4.03. The van der Waals surface area contributed by atoms with Crippen molar-refractivity contribution in [3.8, 4) is 5.88 Å². The summed E-state index contributed by atoms with van der Waals surface area (Å²) in [5.74, 6) is 1.13. The number of nitrogens with zero attached hydrogens (tertiary/aromatic N) is 3. The number of anilines is 2. The molecule has 2 rings (SSSR count). The van der Waals surface area contributed by atoms with Gasteiger partial charge in [-0.15, -0.1) is 10.2 Å². The molecule has 0 aliphatic carbocycles. The monoisotopic (exact) mass is 301 g/mol. The van der Waals surface area contributed by atoms with Crippen LogP contribution in [-0.4, -0.2) is 28.3 Å². The molecule has 1 heterocycles. The SMILES string of the molecule is CCCCNc1nc(N)nnc1OCCCc1ccccc1. The quantitative estimate of drug-likeness (QED) is 0.693. The van der Waals surface area contributed by atoms with Gasteiger partial charge >= 0.3 is 0 Å². The van der Waals surface area contributed by atoms with E-state index in [0.29, 0.717) is 18.3 Å². The van der Waals surface area contributed by atoms with Gasteiger partial charge in [0, 0.05) is 6.54 Å². The molecule has 118 valence electrons. The van der Waals surface area contributed by atoms with Crippen LogP contribution in [0.3, 0.4) is 0 Å². The van der Waals surface area contributed by atoms with Crippen LogP contribution in [0.5, 0.6) is 5.88 Å². The zero-order chi connectivity index (χ0) is 15.6. The van der Waals surface area contributed by atoms with Crippen molar-refractivity contribution in [3.05, 3.63) is 35.9 Å². The lowest BCUT2D eigenvalue weighted by atomic mass is 10.1. The van der Waals surface area contributed by atoms with Crippen LogP contribution >= 0.6 is 0 Å². The molecule has 0 spiro atoms. The molecule has 0 radical (unpaired) electrons. The van der Waals surface area contributed by atoms with Crippen LogP contribution in [0.2, 0.25) is 0 Å². The molecule has 1 aromatic carbocycles. The lowest BCUT2D eigenvalue weighted by Gasteiger charge is -2.10. The van der Waals surface area contributed by atoms with Gasteiger partial charge in [0.25, 0.3) is 5.88 Å². The summed E-state index contributed by atoms with van der Waals surface area (Å²) < 4.78 is 5.69. The van der Waals surface area contributed by atoms with Gasteiger partial charge in [-0.2, -0.15) is 4.98 Å². The second kappa shape index (κ2) is 8.81. The Morgan fingerprint density at radius 3 is 2.73 bits per heavy atom. The second-order valence-corrected chi connectivity index (χ2v) is 5.04. The highest BCUT2D eigenvalue weighted by atomic mass is 16.5. The van der Waals surface area contributed by atoms with Gasteiger partial charge in [0.05, 0.1) is 6.61 Å². The number of rotatable bonds is 9. The Morgan fingerprint density at radius 2 is 1.95 bits per heavy atom. The predicted molar refractivity (Wildman–Crippen MR) is 87.9 cm³/mol. The number of aryl methyl sites for hydroxylation is 1. The summed E-state index contributed by atoms with van der Waals surface area (Å²) in [5.41, 5.74) is 6.88. The summed E-state index contributed by atoms with van der Waals surface area (Å²) >= 11 is 0. The Kier molecular flexibility index (Phi) is 6.41. The molecule has 1 aromatic heterocycles. The van der Waals surface area contributed by atoms with E-state index >= 15 is 0 Å². The highest BCUT2D eigenvalue weighted by molar-refractivity contribution is 5.46. The molecular formula is C16H23N5O. The van der Waals surface area contributed by atoms with Crippen molar-refractivity contribution in [2.75, 3.05) is 24.2 Å². The first-order chi connectivity index (χ1) is 10.8. The van der Waals surface area contributed by atoms with Gasteiger partial charge in [0.15, 0.2) is 5.82 Å². The van der Waals surface area contributed by atoms with Crippen LogP contribution in [-0.2, 0) is 6.42 Å². The summed E-state index contributed by atoms with van der Waals surface area (Å²) in [6, 6.07) is 10.3. The molecule has 0 atom stereocenters. The van der Waals surface area contributed by atoms with E-state index in [9.17, 15) is 0 Å². The Morgan fingerprint density at radius 1 is 1.14 bits per heavy atom. The molecule has 6 heteroatoms. The zero-order valence-corrected chi connectivity index (χ0v) is 13.0. The Labute approximate surface area is 131 Å². The molecule has 0 saturated carbocycles. The molecule has 6 nitrogen and oxygen atoms in total.